The summed E-state index contributed by atoms with van der Waals surface area (Å²) >= 11 is 5.58. The van der Waals surface area contributed by atoms with Gasteiger partial charge in [0, 0.05) is 11.4 Å². The summed E-state index contributed by atoms with van der Waals surface area (Å²) in [5.74, 6) is -1.11. The van der Waals surface area contributed by atoms with Gasteiger partial charge >= 0.3 is 6.18 Å². The maximum atomic E-state index is 13.0. The van der Waals surface area contributed by atoms with Crippen molar-refractivity contribution in [1.82, 2.24) is 0 Å². The van der Waals surface area contributed by atoms with E-state index < -0.39 is 34.0 Å². The molecular formula is C19H16ClF3N2O2. The van der Waals surface area contributed by atoms with Crippen LogP contribution < -0.4 is 10.6 Å². The van der Waals surface area contributed by atoms with Gasteiger partial charge in [-0.1, -0.05) is 23.7 Å². The Balaban J connectivity index is 1.75. The highest BCUT2D eigenvalue weighted by Gasteiger charge is 2.56. The Bertz CT molecular complexity index is 908. The van der Waals surface area contributed by atoms with E-state index in [2.05, 4.69) is 10.6 Å². The highest BCUT2D eigenvalue weighted by Crippen LogP contribution is 2.48. The van der Waals surface area contributed by atoms with E-state index in [9.17, 15) is 22.8 Å². The molecule has 0 saturated heterocycles. The summed E-state index contributed by atoms with van der Waals surface area (Å²) < 4.78 is 38.9. The first-order valence-corrected chi connectivity index (χ1v) is 8.56. The van der Waals surface area contributed by atoms with E-state index in [1.54, 1.807) is 18.2 Å². The lowest BCUT2D eigenvalue weighted by atomic mass is 10.0. The van der Waals surface area contributed by atoms with E-state index in [1.807, 2.05) is 13.0 Å². The van der Waals surface area contributed by atoms with Crippen molar-refractivity contribution in [3.8, 4) is 0 Å². The third-order valence-electron chi connectivity index (χ3n) is 4.42. The zero-order valence-electron chi connectivity index (χ0n) is 14.3. The molecule has 0 spiro atoms. The van der Waals surface area contributed by atoms with E-state index in [4.69, 9.17) is 11.6 Å². The van der Waals surface area contributed by atoms with Crippen molar-refractivity contribution in [2.45, 2.75) is 25.9 Å². The summed E-state index contributed by atoms with van der Waals surface area (Å²) in [5.41, 5.74) is -0.878. The number of nitrogens with one attached hydrogen (secondary N) is 2. The molecule has 1 saturated carbocycles. The summed E-state index contributed by atoms with van der Waals surface area (Å²) in [6.45, 7) is 1.87. The molecule has 0 atom stereocenters. The molecule has 27 heavy (non-hydrogen) atoms. The number of carbonyl (C=O) groups is 2. The first-order valence-electron chi connectivity index (χ1n) is 8.18. The fourth-order valence-electron chi connectivity index (χ4n) is 2.73. The molecule has 1 aliphatic carbocycles. The van der Waals surface area contributed by atoms with Gasteiger partial charge in [0.15, 0.2) is 0 Å². The Morgan fingerprint density at radius 3 is 2.11 bits per heavy atom. The van der Waals surface area contributed by atoms with Crippen LogP contribution >= 0.6 is 11.6 Å². The lowest BCUT2D eigenvalue weighted by Gasteiger charge is -2.17. The summed E-state index contributed by atoms with van der Waals surface area (Å²) in [7, 11) is 0. The number of hydrogen-bond acceptors (Lipinski definition) is 2. The molecule has 2 aromatic carbocycles. The van der Waals surface area contributed by atoms with Gasteiger partial charge in [-0.15, -0.1) is 0 Å². The smallest absolute Gasteiger partial charge is 0.325 e. The summed E-state index contributed by atoms with van der Waals surface area (Å²) in [5, 5.41) is 4.64. The van der Waals surface area contributed by atoms with Crippen molar-refractivity contribution in [3.05, 3.63) is 58.6 Å². The molecule has 1 aliphatic rings. The first-order chi connectivity index (χ1) is 12.6. The SMILES string of the molecule is Cc1cccc(NC(=O)C2(C(=O)Nc3ccc(Cl)c(C(F)(F)F)c3)CC2)c1. The summed E-state index contributed by atoms with van der Waals surface area (Å²) in [6, 6.07) is 10.2. The van der Waals surface area contributed by atoms with Crippen LogP contribution in [0.15, 0.2) is 42.5 Å². The van der Waals surface area contributed by atoms with Crippen LogP contribution in [0.3, 0.4) is 0 Å². The van der Waals surface area contributed by atoms with E-state index in [0.717, 1.165) is 17.7 Å². The Hall–Kier alpha value is -2.54. The lowest BCUT2D eigenvalue weighted by molar-refractivity contribution is -0.137. The Kier molecular flexibility index (Phi) is 4.90. The predicted molar refractivity (Wildman–Crippen MR) is 96.6 cm³/mol. The van der Waals surface area contributed by atoms with Gasteiger partial charge in [-0.25, -0.2) is 0 Å². The van der Waals surface area contributed by atoms with Gasteiger partial charge in [-0.2, -0.15) is 13.2 Å². The van der Waals surface area contributed by atoms with Crippen molar-refractivity contribution in [2.24, 2.45) is 5.41 Å². The number of benzene rings is 2. The number of amides is 2. The predicted octanol–water partition coefficient (Wildman–Crippen LogP) is 5.02. The van der Waals surface area contributed by atoms with Gasteiger partial charge < -0.3 is 10.6 Å². The Morgan fingerprint density at radius 2 is 1.59 bits per heavy atom. The fourth-order valence-corrected chi connectivity index (χ4v) is 2.95. The zero-order chi connectivity index (χ0) is 19.8. The van der Waals surface area contributed by atoms with Crippen LogP contribution in [0.2, 0.25) is 5.02 Å². The Morgan fingerprint density at radius 1 is 1.00 bits per heavy atom. The number of halogens is 4. The number of alkyl halides is 3. The molecule has 2 amide bonds. The number of anilines is 2. The normalized spacial score (nSPS) is 15.1. The van der Waals surface area contributed by atoms with Crippen molar-refractivity contribution in [2.75, 3.05) is 10.6 Å². The van der Waals surface area contributed by atoms with Crippen molar-refractivity contribution >= 4 is 34.8 Å². The molecule has 2 aromatic rings. The molecule has 3 rings (SSSR count). The largest absolute Gasteiger partial charge is 0.417 e. The monoisotopic (exact) mass is 396 g/mol. The number of rotatable bonds is 4. The molecule has 8 heteroatoms. The van der Waals surface area contributed by atoms with Gasteiger partial charge in [0.2, 0.25) is 11.8 Å². The maximum absolute atomic E-state index is 13.0. The molecule has 0 radical (unpaired) electrons. The molecule has 1 fully saturated rings. The van der Waals surface area contributed by atoms with E-state index >= 15 is 0 Å². The Labute approximate surface area is 158 Å². The number of hydrogen-bond donors (Lipinski definition) is 2. The van der Waals surface area contributed by atoms with E-state index in [1.165, 1.54) is 6.07 Å². The molecule has 0 aliphatic heterocycles. The first kappa shape index (κ1) is 19.2. The molecule has 0 aromatic heterocycles. The minimum absolute atomic E-state index is 0.0636. The highest BCUT2D eigenvalue weighted by molar-refractivity contribution is 6.31. The van der Waals surface area contributed by atoms with Crippen LogP contribution in [-0.4, -0.2) is 11.8 Å². The average Bonchev–Trinajstić information content (AvgIpc) is 3.37. The van der Waals surface area contributed by atoms with Crippen LogP contribution in [0.5, 0.6) is 0 Å². The zero-order valence-corrected chi connectivity index (χ0v) is 15.0. The van der Waals surface area contributed by atoms with Crippen LogP contribution in [0, 0.1) is 12.3 Å². The van der Waals surface area contributed by atoms with Crippen molar-refractivity contribution in [1.29, 1.82) is 0 Å². The van der Waals surface area contributed by atoms with Gasteiger partial charge in [0.1, 0.15) is 5.41 Å². The minimum atomic E-state index is -4.64. The van der Waals surface area contributed by atoms with Crippen molar-refractivity contribution < 1.29 is 22.8 Å². The fraction of sp³-hybridized carbons (Fsp3) is 0.263. The second kappa shape index (κ2) is 6.88. The summed E-state index contributed by atoms with van der Waals surface area (Å²) in [4.78, 5) is 25.1. The molecule has 0 heterocycles. The maximum Gasteiger partial charge on any atom is 0.417 e. The summed E-state index contributed by atoms with van der Waals surface area (Å²) in [6.07, 6.45) is -3.98. The van der Waals surface area contributed by atoms with Crippen LogP contribution in [0.25, 0.3) is 0 Å². The molecule has 0 unspecified atom stereocenters. The molecule has 4 nitrogen and oxygen atoms in total. The lowest BCUT2D eigenvalue weighted by Crippen LogP contribution is -2.35. The highest BCUT2D eigenvalue weighted by atomic mass is 35.5. The van der Waals surface area contributed by atoms with Crippen molar-refractivity contribution in [3.63, 3.8) is 0 Å². The second-order valence-corrected chi connectivity index (χ2v) is 6.96. The van der Waals surface area contributed by atoms with Crippen LogP contribution in [-0.2, 0) is 15.8 Å². The van der Waals surface area contributed by atoms with Crippen LogP contribution in [0.1, 0.15) is 24.0 Å². The van der Waals surface area contributed by atoms with Gasteiger partial charge in [-0.3, -0.25) is 9.59 Å². The molecule has 142 valence electrons. The average molecular weight is 397 g/mol. The second-order valence-electron chi connectivity index (χ2n) is 6.55. The molecular weight excluding hydrogens is 381 g/mol. The molecule has 2 N–H and O–H groups in total. The van der Waals surface area contributed by atoms with Gasteiger partial charge in [0.05, 0.1) is 10.6 Å². The third-order valence-corrected chi connectivity index (χ3v) is 4.75. The minimum Gasteiger partial charge on any atom is -0.325 e. The van der Waals surface area contributed by atoms with Crippen LogP contribution in [0.4, 0.5) is 24.5 Å². The topological polar surface area (TPSA) is 58.2 Å². The molecule has 0 bridgehead atoms. The quantitative estimate of drug-likeness (QED) is 0.712. The standard InChI is InChI=1S/C19H16ClF3N2O2/c1-11-3-2-4-12(9-11)24-16(26)18(7-8-18)17(27)25-13-5-6-15(20)14(10-13)19(21,22)23/h2-6,9-10H,7-8H2,1H3,(H,24,26)(H,25,27). The van der Waals surface area contributed by atoms with Gasteiger partial charge in [-0.05, 0) is 55.7 Å². The van der Waals surface area contributed by atoms with E-state index in [-0.39, 0.29) is 5.69 Å². The third kappa shape index (κ3) is 4.08. The number of carbonyl (C=O) groups excluding carboxylic acids is 2. The number of aryl methyl sites for hydroxylation is 1. The van der Waals surface area contributed by atoms with Gasteiger partial charge in [0.25, 0.3) is 0 Å². The van der Waals surface area contributed by atoms with E-state index in [0.29, 0.717) is 18.5 Å².